The summed E-state index contributed by atoms with van der Waals surface area (Å²) in [5.41, 5.74) is 5.93. The number of halogens is 3. The first-order chi connectivity index (χ1) is 7.04. The molecule has 90 valence electrons. The molecule has 1 rings (SSSR count). The summed E-state index contributed by atoms with van der Waals surface area (Å²) in [4.78, 5) is 11.7. The highest BCUT2D eigenvalue weighted by Crippen LogP contribution is 2.21. The standard InChI is InChI=1S/C10H12BrClN2O.ClH/c1-6(5-13)14-10(15)8-4-7(12)2-3-9(8)11;/h2-4,6H,5,13H2,1H3,(H,14,15);1H/t6-;/m0./s1. The largest absolute Gasteiger partial charge is 0.348 e. The normalized spacial score (nSPS) is 11.5. The number of rotatable bonds is 3. The molecule has 0 saturated carbocycles. The number of nitrogens with two attached hydrogens (primary N) is 1. The van der Waals surface area contributed by atoms with Crippen molar-refractivity contribution in [2.24, 2.45) is 5.73 Å². The molecule has 1 amide bonds. The van der Waals surface area contributed by atoms with Crippen molar-refractivity contribution in [3.63, 3.8) is 0 Å². The van der Waals surface area contributed by atoms with Crippen molar-refractivity contribution in [2.75, 3.05) is 6.54 Å². The van der Waals surface area contributed by atoms with Gasteiger partial charge in [-0.3, -0.25) is 4.79 Å². The number of carbonyl (C=O) groups is 1. The van der Waals surface area contributed by atoms with Crippen LogP contribution in [0.5, 0.6) is 0 Å². The minimum atomic E-state index is -0.178. The predicted molar refractivity (Wildman–Crippen MR) is 72.4 cm³/mol. The second-order valence-corrected chi connectivity index (χ2v) is 4.53. The Hall–Kier alpha value is -0.290. The Bertz CT molecular complexity index is 374. The van der Waals surface area contributed by atoms with Gasteiger partial charge in [-0.05, 0) is 41.1 Å². The average Bonchev–Trinajstić information content (AvgIpc) is 2.21. The molecule has 16 heavy (non-hydrogen) atoms. The van der Waals surface area contributed by atoms with Gasteiger partial charge in [0.15, 0.2) is 0 Å². The van der Waals surface area contributed by atoms with Gasteiger partial charge in [-0.2, -0.15) is 0 Å². The molecule has 0 fully saturated rings. The first kappa shape index (κ1) is 15.7. The monoisotopic (exact) mass is 326 g/mol. The molecule has 3 N–H and O–H groups in total. The Morgan fingerprint density at radius 2 is 2.25 bits per heavy atom. The predicted octanol–water partition coefficient (Wildman–Crippen LogP) is 2.60. The molecular formula is C10H13BrCl2N2O. The zero-order valence-electron chi connectivity index (χ0n) is 8.67. The van der Waals surface area contributed by atoms with E-state index in [-0.39, 0.29) is 24.4 Å². The zero-order valence-corrected chi connectivity index (χ0v) is 11.8. The topological polar surface area (TPSA) is 55.1 Å². The highest BCUT2D eigenvalue weighted by Gasteiger charge is 2.12. The molecule has 1 aromatic rings. The quantitative estimate of drug-likeness (QED) is 0.896. The van der Waals surface area contributed by atoms with Crippen molar-refractivity contribution >= 4 is 45.8 Å². The van der Waals surface area contributed by atoms with Gasteiger partial charge in [0.1, 0.15) is 0 Å². The van der Waals surface area contributed by atoms with Gasteiger partial charge < -0.3 is 11.1 Å². The molecule has 0 unspecified atom stereocenters. The number of nitrogens with one attached hydrogen (secondary N) is 1. The minimum Gasteiger partial charge on any atom is -0.348 e. The summed E-state index contributed by atoms with van der Waals surface area (Å²) in [7, 11) is 0. The lowest BCUT2D eigenvalue weighted by atomic mass is 10.2. The fraction of sp³-hybridized carbons (Fsp3) is 0.300. The molecule has 0 aromatic heterocycles. The van der Waals surface area contributed by atoms with Crippen molar-refractivity contribution in [1.29, 1.82) is 0 Å². The number of benzene rings is 1. The zero-order chi connectivity index (χ0) is 11.4. The van der Waals surface area contributed by atoms with Gasteiger partial charge in [0.05, 0.1) is 5.56 Å². The van der Waals surface area contributed by atoms with Crippen LogP contribution in [0.15, 0.2) is 22.7 Å². The molecule has 1 aromatic carbocycles. The summed E-state index contributed by atoms with van der Waals surface area (Å²) in [6.07, 6.45) is 0. The summed E-state index contributed by atoms with van der Waals surface area (Å²) in [6.45, 7) is 2.25. The maximum Gasteiger partial charge on any atom is 0.252 e. The lowest BCUT2D eigenvalue weighted by Crippen LogP contribution is -2.37. The SMILES string of the molecule is C[C@@H](CN)NC(=O)c1cc(Cl)ccc1Br.Cl. The third-order valence-corrected chi connectivity index (χ3v) is 2.83. The van der Waals surface area contributed by atoms with E-state index in [4.69, 9.17) is 17.3 Å². The Morgan fingerprint density at radius 1 is 1.62 bits per heavy atom. The average molecular weight is 328 g/mol. The molecular weight excluding hydrogens is 315 g/mol. The number of hydrogen-bond donors (Lipinski definition) is 2. The van der Waals surface area contributed by atoms with E-state index in [1.165, 1.54) is 0 Å². The fourth-order valence-corrected chi connectivity index (χ4v) is 1.63. The summed E-state index contributed by atoms with van der Waals surface area (Å²) in [5, 5.41) is 3.29. The first-order valence-electron chi connectivity index (χ1n) is 4.50. The van der Waals surface area contributed by atoms with Gasteiger partial charge in [0.25, 0.3) is 5.91 Å². The summed E-state index contributed by atoms with van der Waals surface area (Å²) in [5.74, 6) is -0.178. The maximum absolute atomic E-state index is 11.7. The Kier molecular flexibility index (Phi) is 6.99. The number of hydrogen-bond acceptors (Lipinski definition) is 2. The van der Waals surface area contributed by atoms with Crippen LogP contribution in [0.3, 0.4) is 0 Å². The van der Waals surface area contributed by atoms with Crippen molar-refractivity contribution < 1.29 is 4.79 Å². The smallest absolute Gasteiger partial charge is 0.252 e. The van der Waals surface area contributed by atoms with E-state index in [2.05, 4.69) is 21.2 Å². The fourth-order valence-electron chi connectivity index (χ4n) is 1.03. The van der Waals surface area contributed by atoms with Crippen LogP contribution >= 0.6 is 39.9 Å². The molecule has 0 aliphatic heterocycles. The summed E-state index contributed by atoms with van der Waals surface area (Å²) < 4.78 is 0.716. The number of amides is 1. The summed E-state index contributed by atoms with van der Waals surface area (Å²) >= 11 is 9.10. The lowest BCUT2D eigenvalue weighted by Gasteiger charge is -2.12. The molecule has 3 nitrogen and oxygen atoms in total. The minimum absolute atomic E-state index is 0. The van der Waals surface area contributed by atoms with Gasteiger partial charge in [-0.25, -0.2) is 0 Å². The first-order valence-corrected chi connectivity index (χ1v) is 5.67. The van der Waals surface area contributed by atoms with E-state index in [1.807, 2.05) is 6.92 Å². The molecule has 0 saturated heterocycles. The van der Waals surface area contributed by atoms with Crippen LogP contribution in [0.25, 0.3) is 0 Å². The van der Waals surface area contributed by atoms with Crippen LogP contribution in [0, 0.1) is 0 Å². The van der Waals surface area contributed by atoms with Gasteiger partial charge in [0.2, 0.25) is 0 Å². The second kappa shape index (κ2) is 7.12. The highest BCUT2D eigenvalue weighted by molar-refractivity contribution is 9.10. The summed E-state index contributed by atoms with van der Waals surface area (Å²) in [6, 6.07) is 5.02. The second-order valence-electron chi connectivity index (χ2n) is 3.23. The van der Waals surface area contributed by atoms with Crippen LogP contribution in [0.2, 0.25) is 5.02 Å². The molecule has 1 atom stereocenters. The number of carbonyl (C=O) groups excluding carboxylic acids is 1. The van der Waals surface area contributed by atoms with Crippen LogP contribution in [0.1, 0.15) is 17.3 Å². The van der Waals surface area contributed by atoms with E-state index >= 15 is 0 Å². The van der Waals surface area contributed by atoms with E-state index in [0.29, 0.717) is 21.6 Å². The van der Waals surface area contributed by atoms with Crippen molar-refractivity contribution in [3.8, 4) is 0 Å². The van der Waals surface area contributed by atoms with E-state index < -0.39 is 0 Å². The molecule has 0 radical (unpaired) electrons. The molecule has 0 bridgehead atoms. The van der Waals surface area contributed by atoms with Gasteiger partial charge in [0, 0.05) is 22.1 Å². The molecule has 6 heteroatoms. The van der Waals surface area contributed by atoms with Crippen molar-refractivity contribution in [3.05, 3.63) is 33.3 Å². The van der Waals surface area contributed by atoms with Crippen LogP contribution in [0.4, 0.5) is 0 Å². The van der Waals surface area contributed by atoms with E-state index in [9.17, 15) is 4.79 Å². The maximum atomic E-state index is 11.7. The Balaban J connectivity index is 0.00000225. The third-order valence-electron chi connectivity index (χ3n) is 1.90. The van der Waals surface area contributed by atoms with Crippen molar-refractivity contribution in [2.45, 2.75) is 13.0 Å². The van der Waals surface area contributed by atoms with Gasteiger partial charge >= 0.3 is 0 Å². The molecule has 0 spiro atoms. The van der Waals surface area contributed by atoms with Crippen molar-refractivity contribution in [1.82, 2.24) is 5.32 Å². The lowest BCUT2D eigenvalue weighted by molar-refractivity contribution is 0.0940. The van der Waals surface area contributed by atoms with E-state index in [0.717, 1.165) is 0 Å². The third kappa shape index (κ3) is 4.29. The molecule has 0 aliphatic rings. The highest BCUT2D eigenvalue weighted by atomic mass is 79.9. The van der Waals surface area contributed by atoms with E-state index in [1.54, 1.807) is 18.2 Å². The van der Waals surface area contributed by atoms with Crippen LogP contribution in [-0.4, -0.2) is 18.5 Å². The van der Waals surface area contributed by atoms with Crippen LogP contribution in [-0.2, 0) is 0 Å². The Labute approximate surface area is 114 Å². The molecule has 0 aliphatic carbocycles. The van der Waals surface area contributed by atoms with Gasteiger partial charge in [-0.1, -0.05) is 11.6 Å². The van der Waals surface area contributed by atoms with Gasteiger partial charge in [-0.15, -0.1) is 12.4 Å². The van der Waals surface area contributed by atoms with Crippen LogP contribution < -0.4 is 11.1 Å². The Morgan fingerprint density at radius 3 is 2.81 bits per heavy atom. The molecule has 0 heterocycles.